The van der Waals surface area contributed by atoms with Gasteiger partial charge in [0.1, 0.15) is 5.75 Å². The van der Waals surface area contributed by atoms with Crippen LogP contribution in [0.1, 0.15) is 30.6 Å². The highest BCUT2D eigenvalue weighted by molar-refractivity contribution is 9.10. The summed E-state index contributed by atoms with van der Waals surface area (Å²) in [7, 11) is 0. The van der Waals surface area contributed by atoms with Crippen molar-refractivity contribution < 1.29 is 19.4 Å². The maximum atomic E-state index is 11.4. The lowest BCUT2D eigenvalue weighted by Gasteiger charge is -2.10. The van der Waals surface area contributed by atoms with Crippen LogP contribution in [0, 0.1) is 0 Å². The summed E-state index contributed by atoms with van der Waals surface area (Å²) in [5.41, 5.74) is 0.143. The Morgan fingerprint density at radius 3 is 2.68 bits per heavy atom. The predicted octanol–water partition coefficient (Wildman–Crippen LogP) is 2.44. The molecule has 0 radical (unpaired) electrons. The van der Waals surface area contributed by atoms with Crippen molar-refractivity contribution in [2.75, 3.05) is 6.61 Å². The van der Waals surface area contributed by atoms with E-state index in [1.165, 1.54) is 12.1 Å². The molecule has 0 heterocycles. The van der Waals surface area contributed by atoms with Crippen LogP contribution in [0.5, 0.6) is 5.75 Å². The first-order valence-electron chi connectivity index (χ1n) is 5.85. The van der Waals surface area contributed by atoms with Crippen molar-refractivity contribution in [3.8, 4) is 5.75 Å². The zero-order valence-electron chi connectivity index (χ0n) is 10.8. The van der Waals surface area contributed by atoms with Gasteiger partial charge in [0.25, 0.3) is 0 Å². The summed E-state index contributed by atoms with van der Waals surface area (Å²) in [6.45, 7) is 3.96. The van der Waals surface area contributed by atoms with Crippen LogP contribution in [0.15, 0.2) is 22.7 Å². The van der Waals surface area contributed by atoms with Crippen LogP contribution < -0.4 is 10.1 Å². The van der Waals surface area contributed by atoms with Crippen LogP contribution in [0.4, 0.5) is 0 Å². The summed E-state index contributed by atoms with van der Waals surface area (Å²) in [6.07, 6.45) is 0.224. The molecule has 6 heteroatoms. The number of benzene rings is 1. The number of carboxylic acid groups (broad SMARTS) is 1. The quantitative estimate of drug-likeness (QED) is 0.840. The van der Waals surface area contributed by atoms with Crippen molar-refractivity contribution in [1.82, 2.24) is 5.32 Å². The maximum Gasteiger partial charge on any atom is 0.335 e. The minimum absolute atomic E-state index is 0.0922. The van der Waals surface area contributed by atoms with E-state index in [2.05, 4.69) is 21.2 Å². The van der Waals surface area contributed by atoms with Gasteiger partial charge in [0.2, 0.25) is 5.91 Å². The van der Waals surface area contributed by atoms with Crippen molar-refractivity contribution in [3.05, 3.63) is 28.2 Å². The zero-order valence-corrected chi connectivity index (χ0v) is 12.4. The number of ether oxygens (including phenoxy) is 1. The van der Waals surface area contributed by atoms with Gasteiger partial charge in [0.05, 0.1) is 23.1 Å². The van der Waals surface area contributed by atoms with Gasteiger partial charge in [-0.3, -0.25) is 4.79 Å². The van der Waals surface area contributed by atoms with E-state index in [1.807, 2.05) is 13.8 Å². The molecule has 0 bridgehead atoms. The van der Waals surface area contributed by atoms with Crippen LogP contribution >= 0.6 is 15.9 Å². The fourth-order valence-electron chi connectivity index (χ4n) is 1.39. The minimum atomic E-state index is -1.02. The Bertz CT molecular complexity index is 474. The number of rotatable bonds is 6. The lowest BCUT2D eigenvalue weighted by molar-refractivity contribution is -0.122. The number of hydrogen-bond acceptors (Lipinski definition) is 3. The van der Waals surface area contributed by atoms with E-state index < -0.39 is 5.97 Å². The Balaban J connectivity index is 2.55. The van der Waals surface area contributed by atoms with Gasteiger partial charge in [0.15, 0.2) is 0 Å². The van der Waals surface area contributed by atoms with Gasteiger partial charge in [0, 0.05) is 6.04 Å². The summed E-state index contributed by atoms with van der Waals surface area (Å²) in [6, 6.07) is 4.60. The Labute approximate surface area is 120 Å². The number of halogens is 1. The summed E-state index contributed by atoms with van der Waals surface area (Å²) in [5, 5.41) is 11.6. The average Bonchev–Trinajstić information content (AvgIpc) is 2.30. The Morgan fingerprint density at radius 1 is 1.42 bits per heavy atom. The molecule has 0 fully saturated rings. The largest absolute Gasteiger partial charge is 0.492 e. The first kappa shape index (κ1) is 15.5. The number of carbonyl (C=O) groups excluding carboxylic acids is 1. The van der Waals surface area contributed by atoms with Gasteiger partial charge >= 0.3 is 5.97 Å². The normalized spacial score (nSPS) is 10.3. The first-order valence-corrected chi connectivity index (χ1v) is 6.64. The van der Waals surface area contributed by atoms with Gasteiger partial charge in [-0.15, -0.1) is 0 Å². The third kappa shape index (κ3) is 5.30. The third-order valence-corrected chi connectivity index (χ3v) is 2.87. The van der Waals surface area contributed by atoms with E-state index in [4.69, 9.17) is 9.84 Å². The van der Waals surface area contributed by atoms with Crippen molar-refractivity contribution in [2.45, 2.75) is 26.3 Å². The molecule has 0 aliphatic rings. The highest BCUT2D eigenvalue weighted by Crippen LogP contribution is 2.26. The van der Waals surface area contributed by atoms with Gasteiger partial charge in [-0.05, 0) is 48.0 Å². The second kappa shape index (κ2) is 7.13. The molecule has 0 spiro atoms. The Kier molecular flexibility index (Phi) is 5.82. The molecule has 0 atom stereocenters. The standard InChI is InChI=1S/C13H16BrNO4/c1-8(2)15-12(16)5-6-19-11-7-9(13(17)18)3-4-10(11)14/h3-4,7-8H,5-6H2,1-2H3,(H,15,16)(H,17,18). The van der Waals surface area contributed by atoms with Gasteiger partial charge < -0.3 is 15.2 Å². The van der Waals surface area contributed by atoms with Crippen molar-refractivity contribution >= 4 is 27.8 Å². The van der Waals surface area contributed by atoms with Crippen molar-refractivity contribution in [2.24, 2.45) is 0 Å². The molecule has 0 aliphatic heterocycles. The fraction of sp³-hybridized carbons (Fsp3) is 0.385. The molecule has 0 saturated carbocycles. The molecule has 0 aliphatic carbocycles. The number of hydrogen-bond donors (Lipinski definition) is 2. The SMILES string of the molecule is CC(C)NC(=O)CCOc1cc(C(=O)O)ccc1Br. The van der Waals surface area contributed by atoms with Crippen LogP contribution in [0.3, 0.4) is 0 Å². The van der Waals surface area contributed by atoms with E-state index in [9.17, 15) is 9.59 Å². The van der Waals surface area contributed by atoms with E-state index in [1.54, 1.807) is 6.07 Å². The lowest BCUT2D eigenvalue weighted by atomic mass is 10.2. The van der Waals surface area contributed by atoms with Crippen LogP contribution in [-0.2, 0) is 4.79 Å². The van der Waals surface area contributed by atoms with E-state index in [0.717, 1.165) is 0 Å². The van der Waals surface area contributed by atoms with Crippen molar-refractivity contribution in [1.29, 1.82) is 0 Å². The zero-order chi connectivity index (χ0) is 14.4. The summed E-state index contributed by atoms with van der Waals surface area (Å²) >= 11 is 3.27. The van der Waals surface area contributed by atoms with E-state index >= 15 is 0 Å². The number of amides is 1. The van der Waals surface area contributed by atoms with E-state index in [-0.39, 0.29) is 30.5 Å². The topological polar surface area (TPSA) is 75.6 Å². The fourth-order valence-corrected chi connectivity index (χ4v) is 1.76. The van der Waals surface area contributed by atoms with Crippen LogP contribution in [0.2, 0.25) is 0 Å². The molecule has 1 rings (SSSR count). The van der Waals surface area contributed by atoms with Crippen LogP contribution in [-0.4, -0.2) is 29.6 Å². The third-order valence-electron chi connectivity index (χ3n) is 2.21. The highest BCUT2D eigenvalue weighted by atomic mass is 79.9. The lowest BCUT2D eigenvalue weighted by Crippen LogP contribution is -2.31. The number of aromatic carboxylic acids is 1. The summed E-state index contributed by atoms with van der Waals surface area (Å²) in [5.74, 6) is -0.701. The van der Waals surface area contributed by atoms with E-state index in [0.29, 0.717) is 10.2 Å². The van der Waals surface area contributed by atoms with Gasteiger partial charge in [-0.2, -0.15) is 0 Å². The molecule has 1 aromatic rings. The Morgan fingerprint density at radius 2 is 2.11 bits per heavy atom. The molecule has 0 unspecified atom stereocenters. The predicted molar refractivity (Wildman–Crippen MR) is 74.5 cm³/mol. The number of carboxylic acids is 1. The molecule has 104 valence electrons. The highest BCUT2D eigenvalue weighted by Gasteiger charge is 2.09. The summed E-state index contributed by atoms with van der Waals surface area (Å²) in [4.78, 5) is 22.2. The molecule has 0 saturated heterocycles. The van der Waals surface area contributed by atoms with Gasteiger partial charge in [-0.1, -0.05) is 0 Å². The van der Waals surface area contributed by atoms with Crippen LogP contribution in [0.25, 0.3) is 0 Å². The smallest absolute Gasteiger partial charge is 0.335 e. The molecule has 1 aromatic carbocycles. The first-order chi connectivity index (χ1) is 8.90. The molecule has 2 N–H and O–H groups in total. The molecular weight excluding hydrogens is 314 g/mol. The second-order valence-electron chi connectivity index (χ2n) is 4.27. The van der Waals surface area contributed by atoms with Gasteiger partial charge in [-0.25, -0.2) is 4.79 Å². The minimum Gasteiger partial charge on any atom is -0.492 e. The average molecular weight is 330 g/mol. The Hall–Kier alpha value is -1.56. The molecule has 19 heavy (non-hydrogen) atoms. The molecule has 0 aromatic heterocycles. The second-order valence-corrected chi connectivity index (χ2v) is 5.13. The molecular formula is C13H16BrNO4. The number of nitrogens with one attached hydrogen (secondary N) is 1. The monoisotopic (exact) mass is 329 g/mol. The molecule has 5 nitrogen and oxygen atoms in total. The summed E-state index contributed by atoms with van der Waals surface area (Å²) < 4.78 is 6.06. The number of carbonyl (C=O) groups is 2. The van der Waals surface area contributed by atoms with Crippen molar-refractivity contribution in [3.63, 3.8) is 0 Å². The molecule has 1 amide bonds. The maximum absolute atomic E-state index is 11.4.